The van der Waals surface area contributed by atoms with Crippen LogP contribution in [0.1, 0.15) is 43.4 Å². The van der Waals surface area contributed by atoms with E-state index < -0.39 is 6.10 Å². The largest absolute Gasteiger partial charge is 0.491 e. The van der Waals surface area contributed by atoms with Crippen LogP contribution in [-0.4, -0.2) is 60.6 Å². The van der Waals surface area contributed by atoms with E-state index in [2.05, 4.69) is 23.6 Å². The van der Waals surface area contributed by atoms with Gasteiger partial charge in [-0.05, 0) is 69.8 Å². The van der Waals surface area contributed by atoms with Crippen LogP contribution in [0.4, 0.5) is 5.82 Å². The van der Waals surface area contributed by atoms with Crippen LogP contribution in [0, 0.1) is 6.92 Å². The van der Waals surface area contributed by atoms with Gasteiger partial charge >= 0.3 is 0 Å². The molecule has 0 spiro atoms. The van der Waals surface area contributed by atoms with E-state index in [1.165, 1.54) is 18.4 Å². The Hall–Kier alpha value is -2.19. The fraction of sp³-hybridized carbons (Fsp3) is 0.520. The second-order valence-corrected chi connectivity index (χ2v) is 9.18. The minimum absolute atomic E-state index is 0.169. The lowest BCUT2D eigenvalue weighted by molar-refractivity contribution is 0.108. The third kappa shape index (κ3) is 6.23. The van der Waals surface area contributed by atoms with E-state index in [1.807, 2.05) is 12.1 Å². The molecule has 2 aromatic rings. The Bertz CT molecular complexity index is 992. The van der Waals surface area contributed by atoms with Crippen molar-refractivity contribution in [3.8, 4) is 17.1 Å². The second-order valence-electron chi connectivity index (χ2n) is 8.75. The Balaban J connectivity index is 1.69. The van der Waals surface area contributed by atoms with Crippen LogP contribution in [0.5, 0.6) is 5.75 Å². The summed E-state index contributed by atoms with van der Waals surface area (Å²) in [6, 6.07) is 5.71. The summed E-state index contributed by atoms with van der Waals surface area (Å²) in [7, 11) is 1.79. The van der Waals surface area contributed by atoms with Crippen molar-refractivity contribution in [2.75, 3.05) is 38.7 Å². The zero-order chi connectivity index (χ0) is 23.2. The van der Waals surface area contributed by atoms with E-state index >= 15 is 0 Å². The maximum absolute atomic E-state index is 9.98. The van der Waals surface area contributed by atoms with Gasteiger partial charge in [-0.15, -0.1) is 0 Å². The van der Waals surface area contributed by atoms with Crippen molar-refractivity contribution in [2.45, 2.75) is 51.2 Å². The monoisotopic (exact) mass is 472 g/mol. The van der Waals surface area contributed by atoms with E-state index in [0.29, 0.717) is 29.7 Å². The number of rotatable bonds is 9. The molecule has 0 bridgehead atoms. The molecule has 3 N–H and O–H groups in total. The van der Waals surface area contributed by atoms with Crippen molar-refractivity contribution >= 4 is 23.0 Å². The smallest absolute Gasteiger partial charge is 0.162 e. The molecule has 8 heteroatoms. The van der Waals surface area contributed by atoms with Gasteiger partial charge in [0.1, 0.15) is 24.3 Å². The molecule has 2 heterocycles. The summed E-state index contributed by atoms with van der Waals surface area (Å²) in [5, 5.41) is 17.0. The number of aliphatic hydroxyl groups is 1. The van der Waals surface area contributed by atoms with Gasteiger partial charge in [0.25, 0.3) is 0 Å². The van der Waals surface area contributed by atoms with Crippen LogP contribution >= 0.6 is 11.6 Å². The Labute approximate surface area is 200 Å². The summed E-state index contributed by atoms with van der Waals surface area (Å²) in [6.45, 7) is 4.15. The Morgan fingerprint density at radius 3 is 2.88 bits per heavy atom. The molecule has 1 unspecified atom stereocenters. The van der Waals surface area contributed by atoms with E-state index in [1.54, 1.807) is 13.1 Å². The first kappa shape index (κ1) is 24.0. The minimum atomic E-state index is -0.609. The predicted molar refractivity (Wildman–Crippen MR) is 132 cm³/mol. The Kier molecular flexibility index (Phi) is 8.20. The van der Waals surface area contributed by atoms with Crippen LogP contribution in [0.15, 0.2) is 24.3 Å². The van der Waals surface area contributed by atoms with E-state index in [4.69, 9.17) is 31.0 Å². The van der Waals surface area contributed by atoms with Crippen molar-refractivity contribution in [1.29, 1.82) is 0 Å². The highest BCUT2D eigenvalue weighted by Crippen LogP contribution is 2.34. The van der Waals surface area contributed by atoms with Gasteiger partial charge in [0.15, 0.2) is 5.82 Å². The van der Waals surface area contributed by atoms with Gasteiger partial charge < -0.3 is 25.2 Å². The lowest BCUT2D eigenvalue weighted by atomic mass is 9.94. The second kappa shape index (κ2) is 11.3. The average molecular weight is 473 g/mol. The highest BCUT2D eigenvalue weighted by molar-refractivity contribution is 6.31. The Morgan fingerprint density at radius 2 is 2.15 bits per heavy atom. The van der Waals surface area contributed by atoms with Gasteiger partial charge in [-0.3, -0.25) is 0 Å². The average Bonchev–Trinajstić information content (AvgIpc) is 3.33. The maximum atomic E-state index is 9.98. The number of anilines is 1. The molecule has 1 fully saturated rings. The van der Waals surface area contributed by atoms with Crippen LogP contribution in [-0.2, 0) is 4.74 Å². The summed E-state index contributed by atoms with van der Waals surface area (Å²) in [6.07, 6.45) is 7.16. The number of aromatic nitrogens is 2. The summed E-state index contributed by atoms with van der Waals surface area (Å²) in [5.41, 5.74) is 4.12. The number of nitrogens with one attached hydrogen (secondary N) is 2. The molecule has 1 aliphatic carbocycles. The first-order valence-electron chi connectivity index (χ1n) is 11.7. The molecule has 7 nitrogen and oxygen atoms in total. The molecule has 0 radical (unpaired) electrons. The fourth-order valence-corrected chi connectivity index (χ4v) is 4.48. The standard InChI is InChI=1S/C25H33ClN4O3/c1-16-23(17-6-4-3-5-7-17)29-25(30-24(16)28-20-8-9-32-14-20)18-10-19(26)12-22(11-18)33-15-21(31)13-27-2/h6,10-12,20-21,27,31H,3-5,7-9,13-15H2,1-2H3,(H,28,29,30)/t20-,21?/m1/s1. The highest BCUT2D eigenvalue weighted by atomic mass is 35.5. The number of aliphatic hydroxyl groups excluding tert-OH is 1. The minimum Gasteiger partial charge on any atom is -0.491 e. The fourth-order valence-electron chi connectivity index (χ4n) is 4.26. The normalized spacial score (nSPS) is 19.3. The van der Waals surface area contributed by atoms with E-state index in [0.717, 1.165) is 48.5 Å². The number of nitrogens with zero attached hydrogens (tertiary/aromatic N) is 2. The van der Waals surface area contributed by atoms with Crippen LogP contribution in [0.2, 0.25) is 5.02 Å². The number of allylic oxidation sites excluding steroid dienone is 2. The number of benzene rings is 1. The van der Waals surface area contributed by atoms with Crippen molar-refractivity contribution in [1.82, 2.24) is 15.3 Å². The number of hydrogen-bond donors (Lipinski definition) is 3. The van der Waals surface area contributed by atoms with Crippen LogP contribution in [0.3, 0.4) is 0 Å². The lowest BCUT2D eigenvalue weighted by Crippen LogP contribution is -2.29. The van der Waals surface area contributed by atoms with Crippen molar-refractivity contribution < 1.29 is 14.6 Å². The summed E-state index contributed by atoms with van der Waals surface area (Å²) < 4.78 is 11.3. The number of likely N-dealkylation sites (N-methyl/N-ethyl adjacent to an activating group) is 1. The van der Waals surface area contributed by atoms with E-state index in [-0.39, 0.29) is 12.6 Å². The molecular formula is C25H33ClN4O3. The predicted octanol–water partition coefficient (Wildman–Crippen LogP) is 4.22. The zero-order valence-electron chi connectivity index (χ0n) is 19.4. The summed E-state index contributed by atoms with van der Waals surface area (Å²) >= 11 is 6.42. The molecule has 2 atom stereocenters. The van der Waals surface area contributed by atoms with Gasteiger partial charge in [0, 0.05) is 29.3 Å². The first-order valence-corrected chi connectivity index (χ1v) is 12.1. The van der Waals surface area contributed by atoms with Crippen LogP contribution in [0.25, 0.3) is 17.0 Å². The number of halogens is 1. The molecule has 1 aromatic carbocycles. The SMILES string of the molecule is CNCC(O)COc1cc(Cl)cc(-c2nc(N[C@@H]3CCOC3)c(C)c(C3=CCCCC3)n2)c1. The highest BCUT2D eigenvalue weighted by Gasteiger charge is 2.21. The van der Waals surface area contributed by atoms with Gasteiger partial charge in [-0.2, -0.15) is 0 Å². The van der Waals surface area contributed by atoms with E-state index in [9.17, 15) is 5.11 Å². The van der Waals surface area contributed by atoms with Crippen molar-refractivity contribution in [3.05, 3.63) is 40.6 Å². The first-order chi connectivity index (χ1) is 16.0. The third-order valence-electron chi connectivity index (χ3n) is 6.02. The number of hydrogen-bond acceptors (Lipinski definition) is 7. The maximum Gasteiger partial charge on any atom is 0.162 e. The van der Waals surface area contributed by atoms with Gasteiger partial charge in [0.2, 0.25) is 0 Å². The Morgan fingerprint density at radius 1 is 1.27 bits per heavy atom. The molecule has 1 aliphatic heterocycles. The molecule has 2 aliphatic rings. The molecule has 0 amide bonds. The molecule has 178 valence electrons. The summed E-state index contributed by atoms with van der Waals surface area (Å²) in [5.74, 6) is 2.02. The van der Waals surface area contributed by atoms with Crippen molar-refractivity contribution in [3.63, 3.8) is 0 Å². The quantitative estimate of drug-likeness (QED) is 0.503. The molecule has 4 rings (SSSR count). The van der Waals surface area contributed by atoms with Gasteiger partial charge in [0.05, 0.1) is 18.3 Å². The summed E-state index contributed by atoms with van der Waals surface area (Å²) in [4.78, 5) is 9.87. The topological polar surface area (TPSA) is 88.5 Å². The lowest BCUT2D eigenvalue weighted by Gasteiger charge is -2.20. The van der Waals surface area contributed by atoms with Crippen LogP contribution < -0.4 is 15.4 Å². The van der Waals surface area contributed by atoms with Gasteiger partial charge in [-0.1, -0.05) is 17.7 Å². The molecule has 1 aromatic heterocycles. The molecule has 0 saturated carbocycles. The molecular weight excluding hydrogens is 440 g/mol. The third-order valence-corrected chi connectivity index (χ3v) is 6.24. The molecule has 1 saturated heterocycles. The molecule has 33 heavy (non-hydrogen) atoms. The zero-order valence-corrected chi connectivity index (χ0v) is 20.1. The van der Waals surface area contributed by atoms with Crippen molar-refractivity contribution in [2.24, 2.45) is 0 Å². The van der Waals surface area contributed by atoms with Gasteiger partial charge in [-0.25, -0.2) is 9.97 Å². The number of ether oxygens (including phenoxy) is 2.